The Morgan fingerprint density at radius 3 is 2.48 bits per heavy atom. The highest BCUT2D eigenvalue weighted by molar-refractivity contribution is 6.04. The molecule has 0 atom stereocenters. The van der Waals surface area contributed by atoms with Crippen molar-refractivity contribution in [3.05, 3.63) is 54.1 Å². The van der Waals surface area contributed by atoms with Gasteiger partial charge in [0.2, 0.25) is 0 Å². The van der Waals surface area contributed by atoms with Gasteiger partial charge >= 0.3 is 0 Å². The van der Waals surface area contributed by atoms with E-state index in [0.717, 1.165) is 0 Å². The first-order valence-electron chi connectivity index (χ1n) is 6.16. The minimum atomic E-state index is -0.569. The van der Waals surface area contributed by atoms with E-state index >= 15 is 0 Å². The molecule has 2 rings (SSSR count). The highest BCUT2D eigenvalue weighted by Gasteiger charge is 2.07. The second-order valence-corrected chi connectivity index (χ2v) is 4.28. The summed E-state index contributed by atoms with van der Waals surface area (Å²) in [5.74, 6) is -0.367. The van der Waals surface area contributed by atoms with Crippen molar-refractivity contribution in [2.45, 2.75) is 0 Å². The van der Waals surface area contributed by atoms with Crippen molar-refractivity contribution in [1.29, 1.82) is 0 Å². The van der Waals surface area contributed by atoms with Gasteiger partial charge < -0.3 is 20.9 Å². The monoisotopic (exact) mass is 286 g/mol. The zero-order valence-electron chi connectivity index (χ0n) is 11.1. The number of phenolic OH excluding ortho intramolecular Hbond substituents is 1. The molecular formula is C15H14N2O4. The summed E-state index contributed by atoms with van der Waals surface area (Å²) in [6.07, 6.45) is 0. The maximum absolute atomic E-state index is 12.0. The van der Waals surface area contributed by atoms with Crippen LogP contribution in [0.1, 0.15) is 10.4 Å². The molecular weight excluding hydrogens is 272 g/mol. The molecule has 0 saturated heterocycles. The first-order chi connectivity index (χ1) is 10.0. The van der Waals surface area contributed by atoms with Gasteiger partial charge in [-0.05, 0) is 36.4 Å². The molecule has 2 aromatic carbocycles. The summed E-state index contributed by atoms with van der Waals surface area (Å²) in [5, 5.41) is 12.0. The maximum Gasteiger partial charge on any atom is 0.255 e. The lowest BCUT2D eigenvalue weighted by Crippen LogP contribution is -2.20. The summed E-state index contributed by atoms with van der Waals surface area (Å²) in [6, 6.07) is 12.5. The highest BCUT2D eigenvalue weighted by atomic mass is 16.5. The molecule has 0 fully saturated rings. The van der Waals surface area contributed by atoms with Gasteiger partial charge in [0, 0.05) is 17.3 Å². The zero-order valence-corrected chi connectivity index (χ0v) is 11.1. The number of aromatic hydroxyl groups is 1. The van der Waals surface area contributed by atoms with E-state index in [1.54, 1.807) is 36.4 Å². The van der Waals surface area contributed by atoms with E-state index in [1.807, 2.05) is 0 Å². The summed E-state index contributed by atoms with van der Waals surface area (Å²) in [4.78, 5) is 22.6. The Labute approximate surface area is 121 Å². The number of benzene rings is 2. The predicted octanol–water partition coefficient (Wildman–Crippen LogP) is 1.51. The lowest BCUT2D eigenvalue weighted by Gasteiger charge is -2.07. The Morgan fingerprint density at radius 2 is 1.86 bits per heavy atom. The van der Waals surface area contributed by atoms with Crippen LogP contribution in [0.4, 0.5) is 5.69 Å². The fourth-order valence-electron chi connectivity index (χ4n) is 1.64. The largest absolute Gasteiger partial charge is 0.508 e. The van der Waals surface area contributed by atoms with E-state index < -0.39 is 5.91 Å². The summed E-state index contributed by atoms with van der Waals surface area (Å²) < 4.78 is 5.10. The molecule has 0 aliphatic rings. The van der Waals surface area contributed by atoms with Gasteiger partial charge in [0.25, 0.3) is 11.8 Å². The third-order valence-electron chi connectivity index (χ3n) is 2.60. The number of amides is 2. The Morgan fingerprint density at radius 1 is 1.14 bits per heavy atom. The molecule has 21 heavy (non-hydrogen) atoms. The van der Waals surface area contributed by atoms with Crippen LogP contribution in [0.3, 0.4) is 0 Å². The third kappa shape index (κ3) is 4.24. The normalized spacial score (nSPS) is 9.90. The van der Waals surface area contributed by atoms with Crippen LogP contribution in [0.5, 0.6) is 11.5 Å². The van der Waals surface area contributed by atoms with E-state index in [2.05, 4.69) is 5.32 Å². The van der Waals surface area contributed by atoms with Gasteiger partial charge in [-0.15, -0.1) is 0 Å². The van der Waals surface area contributed by atoms with Gasteiger partial charge in [-0.2, -0.15) is 0 Å². The van der Waals surface area contributed by atoms with E-state index in [0.29, 0.717) is 17.0 Å². The van der Waals surface area contributed by atoms with Gasteiger partial charge in [-0.25, -0.2) is 0 Å². The number of phenols is 1. The minimum absolute atomic E-state index is 0.0722. The average Bonchev–Trinajstić information content (AvgIpc) is 2.45. The van der Waals surface area contributed by atoms with Gasteiger partial charge in [-0.1, -0.05) is 6.07 Å². The number of ether oxygens (including phenoxy) is 1. The van der Waals surface area contributed by atoms with E-state index in [9.17, 15) is 14.7 Å². The molecule has 2 amide bonds. The minimum Gasteiger partial charge on any atom is -0.508 e. The average molecular weight is 286 g/mol. The van der Waals surface area contributed by atoms with Crippen molar-refractivity contribution < 1.29 is 19.4 Å². The molecule has 4 N–H and O–H groups in total. The number of anilines is 1. The molecule has 0 saturated carbocycles. The first kappa shape index (κ1) is 14.4. The molecule has 0 aliphatic carbocycles. The summed E-state index contributed by atoms with van der Waals surface area (Å²) in [6.45, 7) is -0.213. The van der Waals surface area contributed by atoms with Crippen LogP contribution in [0.25, 0.3) is 0 Å². The van der Waals surface area contributed by atoms with E-state index in [-0.39, 0.29) is 18.3 Å². The topological polar surface area (TPSA) is 102 Å². The molecule has 6 heteroatoms. The molecule has 0 heterocycles. The fourth-order valence-corrected chi connectivity index (χ4v) is 1.64. The molecule has 0 bridgehead atoms. The Kier molecular flexibility index (Phi) is 4.40. The van der Waals surface area contributed by atoms with Gasteiger partial charge in [0.1, 0.15) is 11.5 Å². The van der Waals surface area contributed by atoms with Crippen LogP contribution in [0.2, 0.25) is 0 Å². The van der Waals surface area contributed by atoms with Crippen LogP contribution in [-0.2, 0) is 4.79 Å². The number of nitrogens with one attached hydrogen (secondary N) is 1. The smallest absolute Gasteiger partial charge is 0.255 e. The molecule has 0 aromatic heterocycles. The Bertz CT molecular complexity index is 653. The van der Waals surface area contributed by atoms with E-state index in [4.69, 9.17) is 10.5 Å². The molecule has 0 spiro atoms. The lowest BCUT2D eigenvalue weighted by atomic mass is 10.2. The second kappa shape index (κ2) is 6.42. The summed E-state index contributed by atoms with van der Waals surface area (Å²) in [7, 11) is 0. The number of hydrogen-bond acceptors (Lipinski definition) is 4. The molecule has 0 unspecified atom stereocenters. The summed E-state index contributed by atoms with van der Waals surface area (Å²) in [5.41, 5.74) is 5.88. The lowest BCUT2D eigenvalue weighted by molar-refractivity contribution is -0.119. The standard InChI is InChI=1S/C15H14N2O4/c16-14(19)9-21-13-6-4-10(5-7-13)15(20)17-11-2-1-3-12(18)8-11/h1-8,18H,9H2,(H2,16,19)(H,17,20). The Hall–Kier alpha value is -3.02. The number of carbonyl (C=O) groups is 2. The van der Waals surface area contributed by atoms with Crippen LogP contribution < -0.4 is 15.8 Å². The Balaban J connectivity index is 2.01. The van der Waals surface area contributed by atoms with Gasteiger partial charge in [0.05, 0.1) is 0 Å². The molecule has 0 radical (unpaired) electrons. The summed E-state index contributed by atoms with van der Waals surface area (Å²) >= 11 is 0. The van der Waals surface area contributed by atoms with Crippen molar-refractivity contribution in [3.8, 4) is 11.5 Å². The number of rotatable bonds is 5. The molecule has 6 nitrogen and oxygen atoms in total. The number of primary amides is 1. The SMILES string of the molecule is NC(=O)COc1ccc(C(=O)Nc2cccc(O)c2)cc1. The number of carbonyl (C=O) groups excluding carboxylic acids is 2. The van der Waals surface area contributed by atoms with Crippen molar-refractivity contribution >= 4 is 17.5 Å². The van der Waals surface area contributed by atoms with Crippen molar-refractivity contribution in [1.82, 2.24) is 0 Å². The van der Waals surface area contributed by atoms with Gasteiger partial charge in [0.15, 0.2) is 6.61 Å². The molecule has 108 valence electrons. The maximum atomic E-state index is 12.0. The fraction of sp³-hybridized carbons (Fsp3) is 0.0667. The zero-order chi connectivity index (χ0) is 15.2. The molecule has 2 aromatic rings. The second-order valence-electron chi connectivity index (χ2n) is 4.28. The number of nitrogens with two attached hydrogens (primary N) is 1. The van der Waals surface area contributed by atoms with Gasteiger partial charge in [-0.3, -0.25) is 9.59 Å². The number of hydrogen-bond donors (Lipinski definition) is 3. The van der Waals surface area contributed by atoms with E-state index in [1.165, 1.54) is 12.1 Å². The third-order valence-corrected chi connectivity index (χ3v) is 2.60. The van der Waals surface area contributed by atoms with Crippen LogP contribution in [-0.4, -0.2) is 23.5 Å². The molecule has 0 aliphatic heterocycles. The highest BCUT2D eigenvalue weighted by Crippen LogP contribution is 2.17. The van der Waals surface area contributed by atoms with Crippen LogP contribution in [0, 0.1) is 0 Å². The van der Waals surface area contributed by atoms with Crippen molar-refractivity contribution in [3.63, 3.8) is 0 Å². The quantitative estimate of drug-likeness (QED) is 0.775. The van der Waals surface area contributed by atoms with Crippen LogP contribution >= 0.6 is 0 Å². The van der Waals surface area contributed by atoms with Crippen LogP contribution in [0.15, 0.2) is 48.5 Å². The van der Waals surface area contributed by atoms with Crippen molar-refractivity contribution in [2.75, 3.05) is 11.9 Å². The first-order valence-corrected chi connectivity index (χ1v) is 6.16. The predicted molar refractivity (Wildman–Crippen MR) is 77.2 cm³/mol. The van der Waals surface area contributed by atoms with Crippen molar-refractivity contribution in [2.24, 2.45) is 5.73 Å².